The number of amides is 1. The van der Waals surface area contributed by atoms with Crippen LogP contribution in [0.3, 0.4) is 0 Å². The van der Waals surface area contributed by atoms with E-state index >= 15 is 0 Å². The number of carbonyl (C=O) groups excluding carboxylic acids is 2. The van der Waals surface area contributed by atoms with Gasteiger partial charge in [0, 0.05) is 0 Å². The van der Waals surface area contributed by atoms with Gasteiger partial charge in [-0.15, -0.1) is 0 Å². The number of furan rings is 1. The number of nitrogens with zero attached hydrogens (tertiary/aromatic N) is 1. The monoisotopic (exact) mass is 354 g/mol. The SMILES string of the molecule is N#CC1(NC(=O)COC(=O)c2ccc(Br)o2)CCCCC1. The largest absolute Gasteiger partial charge is 0.450 e. The third-order valence-corrected chi connectivity index (χ3v) is 3.83. The lowest BCUT2D eigenvalue weighted by atomic mass is 9.83. The molecule has 7 heteroatoms. The molecule has 0 bridgehead atoms. The van der Waals surface area contributed by atoms with Crippen LogP contribution < -0.4 is 5.32 Å². The fourth-order valence-electron chi connectivity index (χ4n) is 2.35. The Morgan fingerprint density at radius 2 is 2.10 bits per heavy atom. The summed E-state index contributed by atoms with van der Waals surface area (Å²) in [7, 11) is 0. The summed E-state index contributed by atoms with van der Waals surface area (Å²) in [6, 6.07) is 5.18. The van der Waals surface area contributed by atoms with Crippen molar-refractivity contribution in [3.05, 3.63) is 22.6 Å². The highest BCUT2D eigenvalue weighted by atomic mass is 79.9. The topological polar surface area (TPSA) is 92.3 Å². The number of rotatable bonds is 4. The van der Waals surface area contributed by atoms with Crippen LogP contribution >= 0.6 is 15.9 Å². The van der Waals surface area contributed by atoms with E-state index in [0.29, 0.717) is 17.5 Å². The molecule has 1 aromatic rings. The smallest absolute Gasteiger partial charge is 0.374 e. The Kier molecular flexibility index (Phi) is 5.02. The van der Waals surface area contributed by atoms with Gasteiger partial charge in [-0.3, -0.25) is 4.79 Å². The van der Waals surface area contributed by atoms with Crippen LogP contribution in [0, 0.1) is 11.3 Å². The van der Waals surface area contributed by atoms with E-state index < -0.39 is 24.0 Å². The van der Waals surface area contributed by atoms with Gasteiger partial charge in [0.1, 0.15) is 5.54 Å². The molecule has 1 heterocycles. The van der Waals surface area contributed by atoms with Crippen LogP contribution in [-0.2, 0) is 9.53 Å². The van der Waals surface area contributed by atoms with E-state index in [0.717, 1.165) is 19.3 Å². The quantitative estimate of drug-likeness (QED) is 0.838. The van der Waals surface area contributed by atoms with Crippen molar-refractivity contribution in [3.8, 4) is 6.07 Å². The van der Waals surface area contributed by atoms with Crippen LogP contribution in [0.4, 0.5) is 0 Å². The molecule has 0 spiro atoms. The first-order chi connectivity index (χ1) is 10.0. The zero-order chi connectivity index (χ0) is 15.3. The van der Waals surface area contributed by atoms with E-state index in [2.05, 4.69) is 27.3 Å². The summed E-state index contributed by atoms with van der Waals surface area (Å²) >= 11 is 3.07. The number of carbonyl (C=O) groups is 2. The van der Waals surface area contributed by atoms with Gasteiger partial charge >= 0.3 is 5.97 Å². The standard InChI is InChI=1S/C14H15BrN2O4/c15-11-5-4-10(21-11)13(19)20-8-12(18)17-14(9-16)6-2-1-3-7-14/h4-5H,1-3,6-8H2,(H,17,18). The number of nitriles is 1. The lowest BCUT2D eigenvalue weighted by Gasteiger charge is -2.31. The fourth-order valence-corrected chi connectivity index (χ4v) is 2.66. The van der Waals surface area contributed by atoms with Gasteiger partial charge in [0.2, 0.25) is 5.76 Å². The Hall–Kier alpha value is -1.81. The van der Waals surface area contributed by atoms with Gasteiger partial charge < -0.3 is 14.5 Å². The molecule has 1 aliphatic rings. The van der Waals surface area contributed by atoms with Crippen molar-refractivity contribution < 1.29 is 18.7 Å². The first kappa shape index (κ1) is 15.6. The maximum absolute atomic E-state index is 11.8. The van der Waals surface area contributed by atoms with Crippen LogP contribution in [0.1, 0.15) is 42.7 Å². The Bertz CT molecular complexity index is 570. The Morgan fingerprint density at radius 1 is 1.38 bits per heavy atom. The molecule has 1 amide bonds. The van der Waals surface area contributed by atoms with E-state index in [1.165, 1.54) is 6.07 Å². The number of esters is 1. The second-order valence-corrected chi connectivity index (χ2v) is 5.76. The molecule has 2 rings (SSSR count). The molecule has 1 saturated carbocycles. The number of hydrogen-bond acceptors (Lipinski definition) is 5. The molecule has 0 aliphatic heterocycles. The number of nitrogens with one attached hydrogen (secondary N) is 1. The number of hydrogen-bond donors (Lipinski definition) is 1. The summed E-state index contributed by atoms with van der Waals surface area (Å²) in [6.07, 6.45) is 4.16. The second kappa shape index (κ2) is 6.76. The first-order valence-corrected chi connectivity index (χ1v) is 7.49. The molecular weight excluding hydrogens is 340 g/mol. The zero-order valence-electron chi connectivity index (χ0n) is 11.4. The molecule has 6 nitrogen and oxygen atoms in total. The summed E-state index contributed by atoms with van der Waals surface area (Å²) < 4.78 is 10.3. The van der Waals surface area contributed by atoms with Crippen molar-refractivity contribution in [2.45, 2.75) is 37.6 Å². The van der Waals surface area contributed by atoms with E-state index in [4.69, 9.17) is 9.15 Å². The zero-order valence-corrected chi connectivity index (χ0v) is 12.9. The molecule has 1 fully saturated rings. The molecule has 112 valence electrons. The van der Waals surface area contributed by atoms with E-state index in [9.17, 15) is 14.9 Å². The Morgan fingerprint density at radius 3 is 2.67 bits per heavy atom. The maximum Gasteiger partial charge on any atom is 0.374 e. The van der Waals surface area contributed by atoms with Crippen LogP contribution in [-0.4, -0.2) is 24.0 Å². The van der Waals surface area contributed by atoms with Gasteiger partial charge in [0.15, 0.2) is 11.3 Å². The predicted octanol–water partition coefficient (Wildman–Crippen LogP) is 2.54. The summed E-state index contributed by atoms with van der Waals surface area (Å²) in [5.41, 5.74) is -0.824. The van der Waals surface area contributed by atoms with Crippen molar-refractivity contribution in [2.24, 2.45) is 0 Å². The fraction of sp³-hybridized carbons (Fsp3) is 0.500. The summed E-state index contributed by atoms with van der Waals surface area (Å²) in [6.45, 7) is -0.430. The molecule has 21 heavy (non-hydrogen) atoms. The molecule has 0 aromatic carbocycles. The van der Waals surface area contributed by atoms with Crippen molar-refractivity contribution >= 4 is 27.8 Å². The van der Waals surface area contributed by atoms with Crippen molar-refractivity contribution in [2.75, 3.05) is 6.61 Å². The van der Waals surface area contributed by atoms with Gasteiger partial charge in [0.05, 0.1) is 6.07 Å². The van der Waals surface area contributed by atoms with Crippen LogP contribution in [0.25, 0.3) is 0 Å². The highest BCUT2D eigenvalue weighted by Crippen LogP contribution is 2.27. The van der Waals surface area contributed by atoms with Gasteiger partial charge in [-0.05, 0) is 40.9 Å². The van der Waals surface area contributed by atoms with Crippen LogP contribution in [0.15, 0.2) is 21.2 Å². The average molecular weight is 355 g/mol. The lowest BCUT2D eigenvalue weighted by Crippen LogP contribution is -2.50. The number of ether oxygens (including phenoxy) is 1. The van der Waals surface area contributed by atoms with Gasteiger partial charge in [-0.2, -0.15) is 5.26 Å². The normalized spacial score (nSPS) is 16.8. The first-order valence-electron chi connectivity index (χ1n) is 6.69. The van der Waals surface area contributed by atoms with E-state index in [1.807, 2.05) is 0 Å². The minimum Gasteiger partial charge on any atom is -0.450 e. The lowest BCUT2D eigenvalue weighted by molar-refractivity contribution is -0.126. The maximum atomic E-state index is 11.8. The van der Waals surface area contributed by atoms with Crippen molar-refractivity contribution in [1.29, 1.82) is 5.26 Å². The summed E-state index contributed by atoms with van der Waals surface area (Å²) in [5, 5.41) is 11.9. The second-order valence-electron chi connectivity index (χ2n) is 4.98. The number of halogens is 1. The Balaban J connectivity index is 1.84. The van der Waals surface area contributed by atoms with Gasteiger partial charge in [0.25, 0.3) is 5.91 Å². The molecule has 1 aliphatic carbocycles. The van der Waals surface area contributed by atoms with Crippen molar-refractivity contribution in [3.63, 3.8) is 0 Å². The highest BCUT2D eigenvalue weighted by Gasteiger charge is 2.33. The molecule has 0 unspecified atom stereocenters. The molecule has 1 N–H and O–H groups in total. The highest BCUT2D eigenvalue weighted by molar-refractivity contribution is 9.10. The third-order valence-electron chi connectivity index (χ3n) is 3.41. The summed E-state index contributed by atoms with van der Waals surface area (Å²) in [5.74, 6) is -1.18. The average Bonchev–Trinajstić information content (AvgIpc) is 2.92. The minimum absolute atomic E-state index is 0.0161. The van der Waals surface area contributed by atoms with Gasteiger partial charge in [-0.25, -0.2) is 4.79 Å². The molecule has 0 atom stereocenters. The molecule has 1 aromatic heterocycles. The van der Waals surface area contributed by atoms with E-state index in [1.54, 1.807) is 6.07 Å². The molecule has 0 saturated heterocycles. The minimum atomic E-state index is -0.824. The third kappa shape index (κ3) is 4.08. The Labute approximate surface area is 130 Å². The summed E-state index contributed by atoms with van der Waals surface area (Å²) in [4.78, 5) is 23.5. The van der Waals surface area contributed by atoms with Crippen LogP contribution in [0.5, 0.6) is 0 Å². The van der Waals surface area contributed by atoms with E-state index in [-0.39, 0.29) is 5.76 Å². The predicted molar refractivity (Wildman–Crippen MR) is 76.3 cm³/mol. The van der Waals surface area contributed by atoms with Crippen LogP contribution in [0.2, 0.25) is 0 Å². The molecule has 0 radical (unpaired) electrons. The molecular formula is C14H15BrN2O4. The van der Waals surface area contributed by atoms with Gasteiger partial charge in [-0.1, -0.05) is 19.3 Å². The van der Waals surface area contributed by atoms with Crippen molar-refractivity contribution in [1.82, 2.24) is 5.32 Å².